The van der Waals surface area contributed by atoms with Gasteiger partial charge in [-0.2, -0.15) is 0 Å². The van der Waals surface area contributed by atoms with Gasteiger partial charge in [0.15, 0.2) is 0 Å². The summed E-state index contributed by atoms with van der Waals surface area (Å²) in [6.45, 7) is 9.35. The molecule has 0 saturated carbocycles. The van der Waals surface area contributed by atoms with Crippen LogP contribution in [0.1, 0.15) is 40.0 Å². The third-order valence-corrected chi connectivity index (χ3v) is 5.76. The van der Waals surface area contributed by atoms with E-state index < -0.39 is 0 Å². The highest BCUT2D eigenvalue weighted by Gasteiger charge is 2.41. The van der Waals surface area contributed by atoms with Crippen LogP contribution >= 0.6 is 0 Å². The molecule has 2 saturated heterocycles. The van der Waals surface area contributed by atoms with E-state index in [1.165, 1.54) is 0 Å². The van der Waals surface area contributed by atoms with Gasteiger partial charge >= 0.3 is 0 Å². The van der Waals surface area contributed by atoms with Crippen LogP contribution in [0.3, 0.4) is 0 Å². The van der Waals surface area contributed by atoms with E-state index in [0.29, 0.717) is 19.5 Å². The summed E-state index contributed by atoms with van der Waals surface area (Å²) in [4.78, 5) is 31.2. The molecule has 6 heteroatoms. The normalized spacial score (nSPS) is 25.4. The number of amides is 2. The average Bonchev–Trinajstić information content (AvgIpc) is 2.88. The molecule has 0 aromatic heterocycles. The Morgan fingerprint density at radius 3 is 2.33 bits per heavy atom. The van der Waals surface area contributed by atoms with Gasteiger partial charge in [-0.3, -0.25) is 9.59 Å². The van der Waals surface area contributed by atoms with E-state index in [4.69, 9.17) is 0 Å². The molecule has 0 aliphatic carbocycles. The predicted octanol–water partition coefficient (Wildman–Crippen LogP) is 0.776. The Balaban J connectivity index is 1.94. The molecule has 0 radical (unpaired) electrons. The molecule has 1 unspecified atom stereocenters. The highest BCUT2D eigenvalue weighted by Crippen LogP contribution is 2.28. The summed E-state index contributed by atoms with van der Waals surface area (Å²) in [5.74, 6) is -0.110. The Morgan fingerprint density at radius 2 is 1.88 bits per heavy atom. The summed E-state index contributed by atoms with van der Waals surface area (Å²) in [6, 6.07) is 0. The van der Waals surface area contributed by atoms with Crippen molar-refractivity contribution in [3.05, 3.63) is 0 Å². The number of rotatable bonds is 4. The average molecular weight is 338 g/mol. The van der Waals surface area contributed by atoms with Gasteiger partial charge in [-0.15, -0.1) is 0 Å². The zero-order valence-corrected chi connectivity index (χ0v) is 16.2. The number of carbonyl (C=O) groups excluding carboxylic acids is 2. The second-order valence-electron chi connectivity index (χ2n) is 8.72. The van der Waals surface area contributed by atoms with Crippen LogP contribution in [0.4, 0.5) is 0 Å². The SMILES string of the molecule is CN1CCC(CNC(=O)C2CC(=O)N(C(C)(C)C)C2)(N(C)C)CC1. The molecule has 1 atom stereocenters. The molecule has 2 rings (SSSR count). The molecule has 0 aromatic carbocycles. The summed E-state index contributed by atoms with van der Waals surface area (Å²) >= 11 is 0. The van der Waals surface area contributed by atoms with Crippen molar-refractivity contribution >= 4 is 11.8 Å². The lowest BCUT2D eigenvalue weighted by molar-refractivity contribution is -0.132. The van der Waals surface area contributed by atoms with Crippen molar-refractivity contribution in [3.63, 3.8) is 0 Å². The molecule has 1 N–H and O–H groups in total. The lowest BCUT2D eigenvalue weighted by Gasteiger charge is -2.45. The number of likely N-dealkylation sites (N-methyl/N-ethyl adjacent to an activating group) is 1. The van der Waals surface area contributed by atoms with Crippen LogP contribution in [0, 0.1) is 5.92 Å². The quantitative estimate of drug-likeness (QED) is 0.823. The Hall–Kier alpha value is -1.14. The molecule has 138 valence electrons. The fourth-order valence-electron chi connectivity index (χ4n) is 3.74. The van der Waals surface area contributed by atoms with Gasteiger partial charge in [0.25, 0.3) is 0 Å². The Morgan fingerprint density at radius 1 is 1.29 bits per heavy atom. The second-order valence-corrected chi connectivity index (χ2v) is 8.72. The molecule has 6 nitrogen and oxygen atoms in total. The summed E-state index contributed by atoms with van der Waals surface area (Å²) in [5, 5.41) is 3.15. The third-order valence-electron chi connectivity index (χ3n) is 5.76. The van der Waals surface area contributed by atoms with Crippen molar-refractivity contribution < 1.29 is 9.59 Å². The second kappa shape index (κ2) is 7.00. The number of hydrogen-bond acceptors (Lipinski definition) is 4. The van der Waals surface area contributed by atoms with Gasteiger partial charge in [-0.05, 0) is 67.8 Å². The molecule has 24 heavy (non-hydrogen) atoms. The van der Waals surface area contributed by atoms with Crippen LogP contribution in [-0.4, -0.2) is 84.9 Å². The van der Waals surface area contributed by atoms with Crippen molar-refractivity contribution in [2.24, 2.45) is 5.92 Å². The molecule has 2 heterocycles. The molecule has 0 spiro atoms. The van der Waals surface area contributed by atoms with Crippen LogP contribution < -0.4 is 5.32 Å². The third kappa shape index (κ3) is 4.09. The number of hydrogen-bond donors (Lipinski definition) is 1. The van der Waals surface area contributed by atoms with E-state index in [1.54, 1.807) is 0 Å². The molecular weight excluding hydrogens is 304 g/mol. The number of nitrogens with one attached hydrogen (secondary N) is 1. The fraction of sp³-hybridized carbons (Fsp3) is 0.889. The molecule has 2 aliphatic rings. The Kier molecular flexibility index (Phi) is 5.60. The van der Waals surface area contributed by atoms with Gasteiger partial charge in [0.1, 0.15) is 0 Å². The van der Waals surface area contributed by atoms with Gasteiger partial charge < -0.3 is 20.0 Å². The summed E-state index contributed by atoms with van der Waals surface area (Å²) < 4.78 is 0. The van der Waals surface area contributed by atoms with Crippen molar-refractivity contribution in [2.75, 3.05) is 47.3 Å². The maximum atomic E-state index is 12.6. The van der Waals surface area contributed by atoms with Gasteiger partial charge in [0, 0.05) is 30.6 Å². The summed E-state index contributed by atoms with van der Waals surface area (Å²) in [5.41, 5.74) is -0.195. The van der Waals surface area contributed by atoms with Crippen LogP contribution in [0.2, 0.25) is 0 Å². The first-order valence-electron chi connectivity index (χ1n) is 8.99. The van der Waals surface area contributed by atoms with Crippen LogP contribution in [0.25, 0.3) is 0 Å². The maximum absolute atomic E-state index is 12.6. The zero-order valence-electron chi connectivity index (χ0n) is 16.2. The smallest absolute Gasteiger partial charge is 0.225 e. The van der Waals surface area contributed by atoms with E-state index >= 15 is 0 Å². The van der Waals surface area contributed by atoms with Crippen LogP contribution in [0.5, 0.6) is 0 Å². The highest BCUT2D eigenvalue weighted by molar-refractivity contribution is 5.89. The van der Waals surface area contributed by atoms with Crippen molar-refractivity contribution in [1.82, 2.24) is 20.0 Å². The number of nitrogens with zero attached hydrogens (tertiary/aromatic N) is 3. The van der Waals surface area contributed by atoms with Crippen molar-refractivity contribution in [3.8, 4) is 0 Å². The fourth-order valence-corrected chi connectivity index (χ4v) is 3.74. The van der Waals surface area contributed by atoms with E-state index in [2.05, 4.69) is 36.3 Å². The van der Waals surface area contributed by atoms with E-state index in [-0.39, 0.29) is 28.8 Å². The van der Waals surface area contributed by atoms with E-state index in [9.17, 15) is 9.59 Å². The molecular formula is C18H34N4O2. The lowest BCUT2D eigenvalue weighted by atomic mass is 9.86. The Labute approximate surface area is 146 Å². The topological polar surface area (TPSA) is 55.9 Å². The maximum Gasteiger partial charge on any atom is 0.225 e. The molecule has 0 aromatic rings. The number of likely N-dealkylation sites (tertiary alicyclic amines) is 2. The highest BCUT2D eigenvalue weighted by atomic mass is 16.2. The lowest BCUT2D eigenvalue weighted by Crippen LogP contribution is -2.58. The Bertz CT molecular complexity index is 476. The minimum atomic E-state index is -0.220. The molecule has 2 fully saturated rings. The zero-order chi connectivity index (χ0) is 18.1. The molecule has 0 bridgehead atoms. The van der Waals surface area contributed by atoms with Gasteiger partial charge in [0.05, 0.1) is 5.92 Å². The number of carbonyl (C=O) groups is 2. The van der Waals surface area contributed by atoms with E-state index in [0.717, 1.165) is 25.9 Å². The van der Waals surface area contributed by atoms with Crippen LogP contribution in [-0.2, 0) is 9.59 Å². The monoisotopic (exact) mass is 338 g/mol. The van der Waals surface area contributed by atoms with Gasteiger partial charge in [-0.25, -0.2) is 0 Å². The first-order valence-corrected chi connectivity index (χ1v) is 8.99. The largest absolute Gasteiger partial charge is 0.354 e. The summed E-state index contributed by atoms with van der Waals surface area (Å²) in [6.07, 6.45) is 2.43. The molecule has 2 amide bonds. The minimum absolute atomic E-state index is 0.0223. The van der Waals surface area contributed by atoms with Gasteiger partial charge in [-0.1, -0.05) is 0 Å². The predicted molar refractivity (Wildman–Crippen MR) is 95.7 cm³/mol. The standard InChI is InChI=1S/C18H34N4O2/c1-17(2,3)22-12-14(11-15(22)23)16(24)19-13-18(20(4)5)7-9-21(6)10-8-18/h14H,7-13H2,1-6H3,(H,19,24). The number of piperidine rings is 1. The summed E-state index contributed by atoms with van der Waals surface area (Å²) in [7, 11) is 6.33. The van der Waals surface area contributed by atoms with Crippen molar-refractivity contribution in [2.45, 2.75) is 51.1 Å². The molecule has 2 aliphatic heterocycles. The minimum Gasteiger partial charge on any atom is -0.354 e. The first-order chi connectivity index (χ1) is 11.0. The van der Waals surface area contributed by atoms with Crippen molar-refractivity contribution in [1.29, 1.82) is 0 Å². The van der Waals surface area contributed by atoms with E-state index in [1.807, 2.05) is 25.7 Å². The first kappa shape index (κ1) is 19.2. The van der Waals surface area contributed by atoms with Crippen LogP contribution in [0.15, 0.2) is 0 Å². The van der Waals surface area contributed by atoms with Gasteiger partial charge in [0.2, 0.25) is 11.8 Å².